The number of nitro groups is 1. The van der Waals surface area contributed by atoms with Gasteiger partial charge in [0.1, 0.15) is 11.9 Å². The number of fused-ring (bicyclic) bond motifs is 1. The molecule has 1 saturated carbocycles. The molecule has 1 aromatic rings. The summed E-state index contributed by atoms with van der Waals surface area (Å²) in [7, 11) is 2.16. The Labute approximate surface area is 117 Å². The summed E-state index contributed by atoms with van der Waals surface area (Å²) >= 11 is 0. The fourth-order valence-electron chi connectivity index (χ4n) is 4.42. The quantitative estimate of drug-likeness (QED) is 0.583. The molecule has 3 aliphatic rings. The standard InChI is InChI=1S/C15H18N2O3/c1-16-8-7-15-6-2-3-12(16)14(15)20-13-5-4-10(17(18)19)9-11(13)15/h4-5,9,12,14H,2-3,6-8H2,1H3/t12?,14-,15-/m0/s1. The highest BCUT2D eigenvalue weighted by atomic mass is 16.6. The molecule has 0 amide bonds. The monoisotopic (exact) mass is 274 g/mol. The van der Waals surface area contributed by atoms with Crippen molar-refractivity contribution in [1.82, 2.24) is 4.90 Å². The van der Waals surface area contributed by atoms with Crippen LogP contribution < -0.4 is 4.74 Å². The summed E-state index contributed by atoms with van der Waals surface area (Å²) in [6.45, 7) is 1.05. The van der Waals surface area contributed by atoms with Crippen LogP contribution in [0, 0.1) is 10.1 Å². The second kappa shape index (κ2) is 3.95. The topological polar surface area (TPSA) is 55.6 Å². The summed E-state index contributed by atoms with van der Waals surface area (Å²) in [6.07, 6.45) is 4.65. The molecule has 1 aromatic carbocycles. The number of benzene rings is 1. The minimum Gasteiger partial charge on any atom is -0.488 e. The minimum absolute atomic E-state index is 0.0107. The molecule has 2 aliphatic heterocycles. The second-order valence-corrected chi connectivity index (χ2v) is 6.32. The fraction of sp³-hybridized carbons (Fsp3) is 0.600. The molecule has 1 saturated heterocycles. The van der Waals surface area contributed by atoms with Gasteiger partial charge in [-0.1, -0.05) is 6.42 Å². The molecule has 2 fully saturated rings. The SMILES string of the molecule is CN1CC[C@]23CCCC1[C@@H]2Oc1ccc([N+](=O)[O-])cc13. The van der Waals surface area contributed by atoms with Crippen molar-refractivity contribution in [2.75, 3.05) is 13.6 Å². The van der Waals surface area contributed by atoms with Crippen molar-refractivity contribution in [1.29, 1.82) is 0 Å². The van der Waals surface area contributed by atoms with Crippen LogP contribution in [0.15, 0.2) is 18.2 Å². The third-order valence-corrected chi connectivity index (χ3v) is 5.46. The van der Waals surface area contributed by atoms with E-state index in [1.54, 1.807) is 18.2 Å². The first-order valence-electron chi connectivity index (χ1n) is 7.28. The highest BCUT2D eigenvalue weighted by Crippen LogP contribution is 2.55. The predicted molar refractivity (Wildman–Crippen MR) is 74.1 cm³/mol. The molecule has 0 aromatic heterocycles. The van der Waals surface area contributed by atoms with Crippen molar-refractivity contribution in [3.05, 3.63) is 33.9 Å². The van der Waals surface area contributed by atoms with E-state index in [1.165, 1.54) is 12.8 Å². The van der Waals surface area contributed by atoms with Gasteiger partial charge in [0.25, 0.3) is 5.69 Å². The molecule has 2 heterocycles. The number of hydrogen-bond donors (Lipinski definition) is 0. The lowest BCUT2D eigenvalue weighted by Crippen LogP contribution is -2.60. The maximum absolute atomic E-state index is 11.0. The maximum atomic E-state index is 11.0. The average molecular weight is 274 g/mol. The highest BCUT2D eigenvalue weighted by Gasteiger charge is 2.57. The Kier molecular flexibility index (Phi) is 2.40. The number of nitrogens with zero attached hydrogens (tertiary/aromatic N) is 2. The smallest absolute Gasteiger partial charge is 0.269 e. The van der Waals surface area contributed by atoms with Crippen molar-refractivity contribution in [3.63, 3.8) is 0 Å². The number of rotatable bonds is 1. The zero-order chi connectivity index (χ0) is 13.9. The first kappa shape index (κ1) is 12.1. The number of piperidine rings is 1. The van der Waals surface area contributed by atoms with Gasteiger partial charge in [-0.3, -0.25) is 15.0 Å². The van der Waals surface area contributed by atoms with E-state index in [0.29, 0.717) is 6.04 Å². The number of likely N-dealkylation sites (N-methyl/N-ethyl adjacent to an activating group) is 1. The van der Waals surface area contributed by atoms with Crippen LogP contribution in [0.3, 0.4) is 0 Å². The van der Waals surface area contributed by atoms with Crippen molar-refractivity contribution in [3.8, 4) is 5.75 Å². The van der Waals surface area contributed by atoms with Gasteiger partial charge in [0, 0.05) is 29.2 Å². The second-order valence-electron chi connectivity index (χ2n) is 6.32. The molecule has 3 atom stereocenters. The predicted octanol–water partition coefficient (Wildman–Crippen LogP) is 2.48. The van der Waals surface area contributed by atoms with Gasteiger partial charge in [-0.25, -0.2) is 0 Å². The molecule has 5 nitrogen and oxygen atoms in total. The molecule has 0 spiro atoms. The van der Waals surface area contributed by atoms with Gasteiger partial charge in [0.05, 0.1) is 4.92 Å². The van der Waals surface area contributed by atoms with Crippen molar-refractivity contribution >= 4 is 5.69 Å². The van der Waals surface area contributed by atoms with Crippen LogP contribution in [0.2, 0.25) is 0 Å². The van der Waals surface area contributed by atoms with E-state index in [0.717, 1.165) is 30.7 Å². The number of nitro benzene ring substituents is 1. The Hall–Kier alpha value is -1.62. The summed E-state index contributed by atoms with van der Waals surface area (Å²) in [6, 6.07) is 5.54. The molecule has 5 heteroatoms. The van der Waals surface area contributed by atoms with E-state index in [-0.39, 0.29) is 22.1 Å². The molecule has 0 N–H and O–H groups in total. The summed E-state index contributed by atoms with van der Waals surface area (Å²) in [4.78, 5) is 13.1. The largest absolute Gasteiger partial charge is 0.488 e. The Morgan fingerprint density at radius 2 is 2.30 bits per heavy atom. The summed E-state index contributed by atoms with van der Waals surface area (Å²) in [5.41, 5.74) is 1.27. The first-order chi connectivity index (χ1) is 9.62. The van der Waals surface area contributed by atoms with Gasteiger partial charge in [-0.15, -0.1) is 0 Å². The zero-order valence-electron chi connectivity index (χ0n) is 11.5. The number of hydrogen-bond acceptors (Lipinski definition) is 4. The summed E-state index contributed by atoms with van der Waals surface area (Å²) < 4.78 is 6.21. The van der Waals surface area contributed by atoms with E-state index >= 15 is 0 Å². The van der Waals surface area contributed by atoms with Crippen LogP contribution in [0.1, 0.15) is 31.2 Å². The Bertz CT molecular complexity index is 588. The fourth-order valence-corrected chi connectivity index (χ4v) is 4.42. The zero-order valence-corrected chi connectivity index (χ0v) is 11.5. The number of non-ortho nitro benzene ring substituents is 1. The Morgan fingerprint density at radius 3 is 3.10 bits per heavy atom. The average Bonchev–Trinajstić information content (AvgIpc) is 2.78. The van der Waals surface area contributed by atoms with Gasteiger partial charge >= 0.3 is 0 Å². The number of likely N-dealkylation sites (tertiary alicyclic amines) is 1. The van der Waals surface area contributed by atoms with E-state index in [2.05, 4.69) is 11.9 Å². The van der Waals surface area contributed by atoms with Crippen LogP contribution in [-0.2, 0) is 5.41 Å². The normalized spacial score (nSPS) is 35.0. The first-order valence-corrected chi connectivity index (χ1v) is 7.28. The maximum Gasteiger partial charge on any atom is 0.269 e. The van der Waals surface area contributed by atoms with E-state index < -0.39 is 0 Å². The van der Waals surface area contributed by atoms with Gasteiger partial charge in [-0.2, -0.15) is 0 Å². The molecule has 106 valence electrons. The lowest BCUT2D eigenvalue weighted by molar-refractivity contribution is -0.385. The highest BCUT2D eigenvalue weighted by molar-refractivity contribution is 5.52. The van der Waals surface area contributed by atoms with E-state index in [1.807, 2.05) is 0 Å². The van der Waals surface area contributed by atoms with Gasteiger partial charge < -0.3 is 4.74 Å². The molecular formula is C15H18N2O3. The minimum atomic E-state index is -0.306. The Morgan fingerprint density at radius 1 is 1.45 bits per heavy atom. The van der Waals surface area contributed by atoms with Crippen LogP contribution >= 0.6 is 0 Å². The molecular weight excluding hydrogens is 256 g/mol. The van der Waals surface area contributed by atoms with Crippen molar-refractivity contribution in [2.24, 2.45) is 0 Å². The molecule has 0 radical (unpaired) electrons. The van der Waals surface area contributed by atoms with Gasteiger partial charge in [0.15, 0.2) is 0 Å². The summed E-state index contributed by atoms with van der Waals surface area (Å²) in [5.74, 6) is 0.864. The van der Waals surface area contributed by atoms with Crippen LogP contribution in [0.25, 0.3) is 0 Å². The lowest BCUT2D eigenvalue weighted by Gasteiger charge is -2.51. The van der Waals surface area contributed by atoms with E-state index in [4.69, 9.17) is 4.74 Å². The number of ether oxygens (including phenoxy) is 1. The molecule has 2 bridgehead atoms. The van der Waals surface area contributed by atoms with Gasteiger partial charge in [-0.05, 0) is 38.9 Å². The summed E-state index contributed by atoms with van der Waals surface area (Å²) in [5, 5.41) is 11.0. The van der Waals surface area contributed by atoms with Crippen LogP contribution in [0.4, 0.5) is 5.69 Å². The third kappa shape index (κ3) is 1.41. The molecule has 1 unspecified atom stereocenters. The van der Waals surface area contributed by atoms with Crippen molar-refractivity contribution in [2.45, 2.75) is 43.2 Å². The van der Waals surface area contributed by atoms with Crippen LogP contribution in [-0.4, -0.2) is 35.6 Å². The Balaban J connectivity index is 1.84. The van der Waals surface area contributed by atoms with Crippen LogP contribution in [0.5, 0.6) is 5.75 Å². The molecule has 4 rings (SSSR count). The third-order valence-electron chi connectivity index (χ3n) is 5.46. The van der Waals surface area contributed by atoms with Crippen molar-refractivity contribution < 1.29 is 9.66 Å². The lowest BCUT2D eigenvalue weighted by atomic mass is 9.62. The van der Waals surface area contributed by atoms with E-state index in [9.17, 15) is 10.1 Å². The van der Waals surface area contributed by atoms with Gasteiger partial charge in [0.2, 0.25) is 0 Å². The molecule has 1 aliphatic carbocycles. The molecule has 20 heavy (non-hydrogen) atoms.